The van der Waals surface area contributed by atoms with Crippen molar-refractivity contribution in [3.8, 4) is 0 Å². The number of carbonyl (C=O) groups excluding carboxylic acids is 1. The van der Waals surface area contributed by atoms with E-state index in [1.807, 2.05) is 0 Å². The van der Waals surface area contributed by atoms with Gasteiger partial charge in [0.2, 0.25) is 0 Å². The lowest BCUT2D eigenvalue weighted by molar-refractivity contribution is -0.147. The van der Waals surface area contributed by atoms with E-state index in [0.717, 1.165) is 38.5 Å². The first kappa shape index (κ1) is 13.8. The molecule has 1 saturated heterocycles. The fourth-order valence-electron chi connectivity index (χ4n) is 2.70. The fourth-order valence-corrected chi connectivity index (χ4v) is 2.70. The van der Waals surface area contributed by atoms with E-state index >= 15 is 0 Å². The van der Waals surface area contributed by atoms with Crippen LogP contribution < -0.4 is 11.1 Å². The number of likely N-dealkylation sites (tertiary alicyclic amines) is 1. The molecule has 0 radical (unpaired) electrons. The summed E-state index contributed by atoms with van der Waals surface area (Å²) >= 11 is 0. The van der Waals surface area contributed by atoms with E-state index in [2.05, 4.69) is 10.2 Å². The van der Waals surface area contributed by atoms with Gasteiger partial charge in [0, 0.05) is 32.2 Å². The van der Waals surface area contributed by atoms with Gasteiger partial charge in [-0.25, -0.2) is 0 Å². The highest BCUT2D eigenvalue weighted by Gasteiger charge is 2.32. The van der Waals surface area contributed by atoms with Crippen LogP contribution in [-0.2, 0) is 9.53 Å². The number of nitrogens with two attached hydrogens (primary N) is 1. The lowest BCUT2D eigenvalue weighted by Gasteiger charge is -2.36. The Labute approximate surface area is 109 Å². The standard InChI is InChI=1S/C13H25N3O2/c1-18-13(17)11-6-12(15-7-10-2-3-10)9-16(8-11)5-4-14/h10-12,15H,2-9,14H2,1H3. The van der Waals surface area contributed by atoms with Gasteiger partial charge in [-0.3, -0.25) is 9.69 Å². The van der Waals surface area contributed by atoms with Crippen molar-refractivity contribution in [2.45, 2.75) is 25.3 Å². The van der Waals surface area contributed by atoms with Crippen LogP contribution in [-0.4, -0.2) is 56.7 Å². The second kappa shape index (κ2) is 6.50. The van der Waals surface area contributed by atoms with E-state index < -0.39 is 0 Å². The minimum Gasteiger partial charge on any atom is -0.469 e. The maximum atomic E-state index is 11.7. The van der Waals surface area contributed by atoms with Crippen LogP contribution in [0.25, 0.3) is 0 Å². The van der Waals surface area contributed by atoms with Crippen molar-refractivity contribution in [2.24, 2.45) is 17.6 Å². The van der Waals surface area contributed by atoms with Gasteiger partial charge in [-0.1, -0.05) is 0 Å². The van der Waals surface area contributed by atoms with Gasteiger partial charge in [0.05, 0.1) is 13.0 Å². The van der Waals surface area contributed by atoms with Crippen molar-refractivity contribution in [2.75, 3.05) is 39.8 Å². The summed E-state index contributed by atoms with van der Waals surface area (Å²) in [7, 11) is 1.47. The molecule has 5 heteroatoms. The Morgan fingerprint density at radius 3 is 2.83 bits per heavy atom. The smallest absolute Gasteiger partial charge is 0.310 e. The molecule has 3 N–H and O–H groups in total. The average molecular weight is 255 g/mol. The Bertz CT molecular complexity index is 281. The molecule has 0 amide bonds. The van der Waals surface area contributed by atoms with Gasteiger partial charge in [0.25, 0.3) is 0 Å². The Morgan fingerprint density at radius 2 is 2.22 bits per heavy atom. The second-order valence-electron chi connectivity index (χ2n) is 5.55. The molecule has 1 heterocycles. The lowest BCUT2D eigenvalue weighted by Crippen LogP contribution is -2.52. The van der Waals surface area contributed by atoms with Gasteiger partial charge in [-0.2, -0.15) is 0 Å². The molecule has 2 aliphatic rings. The number of ether oxygens (including phenoxy) is 1. The molecule has 2 unspecified atom stereocenters. The summed E-state index contributed by atoms with van der Waals surface area (Å²) in [6.07, 6.45) is 3.60. The molecule has 0 aromatic heterocycles. The topological polar surface area (TPSA) is 67.6 Å². The minimum absolute atomic E-state index is 0.00740. The Kier molecular flexibility index (Phi) is 4.97. The van der Waals surface area contributed by atoms with Crippen LogP contribution in [0.2, 0.25) is 0 Å². The summed E-state index contributed by atoms with van der Waals surface area (Å²) in [5, 5.41) is 3.59. The van der Waals surface area contributed by atoms with Crippen molar-refractivity contribution in [1.29, 1.82) is 0 Å². The molecule has 2 rings (SSSR count). The maximum Gasteiger partial charge on any atom is 0.310 e. The lowest BCUT2D eigenvalue weighted by atomic mass is 9.94. The number of methoxy groups -OCH3 is 1. The first-order valence-electron chi connectivity index (χ1n) is 6.96. The Hall–Kier alpha value is -0.650. The second-order valence-corrected chi connectivity index (χ2v) is 5.55. The molecule has 2 fully saturated rings. The van der Waals surface area contributed by atoms with Gasteiger partial charge >= 0.3 is 5.97 Å². The highest BCUT2D eigenvalue weighted by molar-refractivity contribution is 5.72. The SMILES string of the molecule is COC(=O)C1CC(NCC2CC2)CN(CCN)C1. The van der Waals surface area contributed by atoms with Crippen LogP contribution in [0.15, 0.2) is 0 Å². The first-order chi connectivity index (χ1) is 8.72. The highest BCUT2D eigenvalue weighted by atomic mass is 16.5. The Balaban J connectivity index is 1.85. The number of carbonyl (C=O) groups is 1. The zero-order valence-electron chi connectivity index (χ0n) is 11.2. The van der Waals surface area contributed by atoms with Crippen LogP contribution in [0, 0.1) is 11.8 Å². The molecule has 1 aliphatic carbocycles. The summed E-state index contributed by atoms with van der Waals surface area (Å²) in [4.78, 5) is 14.0. The minimum atomic E-state index is -0.0880. The number of nitrogens with zero attached hydrogens (tertiary/aromatic N) is 1. The molecular formula is C13H25N3O2. The molecule has 5 nitrogen and oxygen atoms in total. The normalized spacial score (nSPS) is 29.2. The molecule has 1 saturated carbocycles. The number of hydrogen-bond acceptors (Lipinski definition) is 5. The van der Waals surface area contributed by atoms with E-state index in [4.69, 9.17) is 10.5 Å². The Morgan fingerprint density at radius 1 is 1.44 bits per heavy atom. The van der Waals surface area contributed by atoms with Gasteiger partial charge in [0.15, 0.2) is 0 Å². The zero-order chi connectivity index (χ0) is 13.0. The molecule has 1 aliphatic heterocycles. The molecule has 0 spiro atoms. The fraction of sp³-hybridized carbons (Fsp3) is 0.923. The molecule has 0 aromatic rings. The average Bonchev–Trinajstić information content (AvgIpc) is 3.19. The molecule has 104 valence electrons. The van der Waals surface area contributed by atoms with Crippen molar-refractivity contribution >= 4 is 5.97 Å². The zero-order valence-corrected chi connectivity index (χ0v) is 11.2. The van der Waals surface area contributed by atoms with Gasteiger partial charge in [-0.15, -0.1) is 0 Å². The summed E-state index contributed by atoms with van der Waals surface area (Å²) in [5.74, 6) is 0.772. The van der Waals surface area contributed by atoms with Gasteiger partial charge in [-0.05, 0) is 31.7 Å². The monoisotopic (exact) mass is 255 g/mol. The van der Waals surface area contributed by atoms with Crippen LogP contribution in [0.4, 0.5) is 0 Å². The van der Waals surface area contributed by atoms with Crippen molar-refractivity contribution in [1.82, 2.24) is 10.2 Å². The molecule has 18 heavy (non-hydrogen) atoms. The van der Waals surface area contributed by atoms with E-state index in [0.29, 0.717) is 12.6 Å². The summed E-state index contributed by atoms with van der Waals surface area (Å²) in [6, 6.07) is 0.398. The van der Waals surface area contributed by atoms with Crippen molar-refractivity contribution < 1.29 is 9.53 Å². The van der Waals surface area contributed by atoms with E-state index in [1.165, 1.54) is 20.0 Å². The van der Waals surface area contributed by atoms with Crippen molar-refractivity contribution in [3.05, 3.63) is 0 Å². The third-order valence-electron chi connectivity index (χ3n) is 3.90. The van der Waals surface area contributed by atoms with Crippen LogP contribution in [0.3, 0.4) is 0 Å². The highest BCUT2D eigenvalue weighted by Crippen LogP contribution is 2.28. The summed E-state index contributed by atoms with van der Waals surface area (Å²) in [5.41, 5.74) is 5.61. The predicted octanol–water partition coefficient (Wildman–Crippen LogP) is -0.192. The number of esters is 1. The number of rotatable bonds is 6. The van der Waals surface area contributed by atoms with Crippen molar-refractivity contribution in [3.63, 3.8) is 0 Å². The van der Waals surface area contributed by atoms with Crippen LogP contribution in [0.1, 0.15) is 19.3 Å². The van der Waals surface area contributed by atoms with E-state index in [9.17, 15) is 4.79 Å². The molecule has 0 aromatic carbocycles. The van der Waals surface area contributed by atoms with Crippen LogP contribution >= 0.6 is 0 Å². The third-order valence-corrected chi connectivity index (χ3v) is 3.90. The predicted molar refractivity (Wildman–Crippen MR) is 70.1 cm³/mol. The molecular weight excluding hydrogens is 230 g/mol. The maximum absolute atomic E-state index is 11.7. The van der Waals surface area contributed by atoms with E-state index in [-0.39, 0.29) is 11.9 Å². The first-order valence-corrected chi connectivity index (χ1v) is 6.96. The number of hydrogen-bond donors (Lipinski definition) is 2. The van der Waals surface area contributed by atoms with Crippen LogP contribution in [0.5, 0.6) is 0 Å². The van der Waals surface area contributed by atoms with Gasteiger partial charge < -0.3 is 15.8 Å². The van der Waals surface area contributed by atoms with E-state index in [1.54, 1.807) is 0 Å². The third kappa shape index (κ3) is 3.93. The summed E-state index contributed by atoms with van der Waals surface area (Å²) in [6.45, 7) is 4.37. The molecule has 0 bridgehead atoms. The summed E-state index contributed by atoms with van der Waals surface area (Å²) < 4.78 is 4.88. The number of nitrogens with one attached hydrogen (secondary N) is 1. The number of piperidine rings is 1. The van der Waals surface area contributed by atoms with Gasteiger partial charge in [0.1, 0.15) is 0 Å². The largest absolute Gasteiger partial charge is 0.469 e. The molecule has 2 atom stereocenters. The quantitative estimate of drug-likeness (QED) is 0.644.